The molecule has 0 aliphatic rings. The van der Waals surface area contributed by atoms with Crippen LogP contribution in [0.25, 0.3) is 0 Å². The van der Waals surface area contributed by atoms with Crippen LogP contribution in [-0.4, -0.2) is 6.26 Å². The summed E-state index contributed by atoms with van der Waals surface area (Å²) in [5, 5.41) is 11.2. The van der Waals surface area contributed by atoms with E-state index in [1.54, 1.807) is 18.0 Å². The van der Waals surface area contributed by atoms with Crippen LogP contribution < -0.4 is 4.73 Å². The second-order valence-electron chi connectivity index (χ2n) is 2.88. The molecule has 0 saturated heterocycles. The first-order valence-corrected chi connectivity index (χ1v) is 5.04. The number of thioether (sulfide) groups is 1. The molecular weight excluding hydrogens is 170 g/mol. The van der Waals surface area contributed by atoms with Crippen LogP contribution in [0, 0.1) is 26.0 Å². The monoisotopic (exact) mass is 183 g/mol. The van der Waals surface area contributed by atoms with Crippen LogP contribution in [0.2, 0.25) is 0 Å². The summed E-state index contributed by atoms with van der Waals surface area (Å²) < 4.78 is 0.935. The summed E-state index contributed by atoms with van der Waals surface area (Å²) in [4.78, 5) is 1.22. The highest BCUT2D eigenvalue weighted by molar-refractivity contribution is 7.98. The molecule has 0 aromatic carbocycles. The van der Waals surface area contributed by atoms with Gasteiger partial charge in [-0.05, 0) is 20.1 Å². The Bertz CT molecular complexity index is 310. The zero-order valence-corrected chi connectivity index (χ0v) is 8.66. The van der Waals surface area contributed by atoms with E-state index in [0.29, 0.717) is 0 Å². The predicted octanol–water partition coefficient (Wildman–Crippen LogP) is 1.97. The van der Waals surface area contributed by atoms with Gasteiger partial charge in [-0.15, -0.1) is 11.8 Å². The van der Waals surface area contributed by atoms with Crippen LogP contribution in [0.15, 0.2) is 11.1 Å². The summed E-state index contributed by atoms with van der Waals surface area (Å²) >= 11 is 1.69. The lowest BCUT2D eigenvalue weighted by Gasteiger charge is -2.09. The number of nitrogens with zero attached hydrogens (tertiary/aromatic N) is 1. The molecular formula is C9H13NOS. The van der Waals surface area contributed by atoms with Crippen molar-refractivity contribution in [3.8, 4) is 0 Å². The van der Waals surface area contributed by atoms with Crippen molar-refractivity contribution in [3.63, 3.8) is 0 Å². The van der Waals surface area contributed by atoms with Crippen molar-refractivity contribution in [2.45, 2.75) is 25.7 Å². The molecule has 66 valence electrons. The van der Waals surface area contributed by atoms with Gasteiger partial charge in [-0.3, -0.25) is 0 Å². The molecule has 2 nitrogen and oxygen atoms in total. The molecule has 0 aliphatic heterocycles. The van der Waals surface area contributed by atoms with Gasteiger partial charge in [0.15, 0.2) is 11.9 Å². The van der Waals surface area contributed by atoms with Crippen LogP contribution in [0.5, 0.6) is 0 Å². The highest BCUT2D eigenvalue weighted by atomic mass is 32.2. The van der Waals surface area contributed by atoms with E-state index in [2.05, 4.69) is 0 Å². The number of hydrogen-bond acceptors (Lipinski definition) is 2. The molecule has 0 amide bonds. The van der Waals surface area contributed by atoms with Gasteiger partial charge < -0.3 is 5.21 Å². The Kier molecular flexibility index (Phi) is 2.62. The number of hydrogen-bond donors (Lipinski definition) is 0. The number of pyridine rings is 1. The quantitative estimate of drug-likeness (QED) is 0.378. The number of aromatic nitrogens is 1. The van der Waals surface area contributed by atoms with Crippen LogP contribution >= 0.6 is 11.8 Å². The molecule has 0 aliphatic carbocycles. The zero-order valence-electron chi connectivity index (χ0n) is 7.84. The Morgan fingerprint density at radius 1 is 1.33 bits per heavy atom. The van der Waals surface area contributed by atoms with Gasteiger partial charge in [0.25, 0.3) is 0 Å². The third-order valence-electron chi connectivity index (χ3n) is 2.09. The predicted molar refractivity (Wildman–Crippen MR) is 51.4 cm³/mol. The molecule has 1 rings (SSSR count). The first-order chi connectivity index (χ1) is 5.57. The van der Waals surface area contributed by atoms with E-state index in [4.69, 9.17) is 0 Å². The van der Waals surface area contributed by atoms with E-state index in [1.807, 2.05) is 27.0 Å². The first kappa shape index (κ1) is 9.39. The fraction of sp³-hybridized carbons (Fsp3) is 0.444. The molecule has 0 radical (unpaired) electrons. The second-order valence-corrected chi connectivity index (χ2v) is 3.70. The summed E-state index contributed by atoms with van der Waals surface area (Å²) in [5.74, 6) is 0. The maximum Gasteiger partial charge on any atom is 0.193 e. The smallest absolute Gasteiger partial charge is 0.193 e. The standard InChI is InChI=1S/C9H13NOS/c1-6-5-10(11)8(3)7(2)9(6)12-4/h5H,1-4H3. The maximum atomic E-state index is 11.2. The minimum absolute atomic E-state index is 0.796. The van der Waals surface area contributed by atoms with E-state index < -0.39 is 0 Å². The molecule has 1 aromatic rings. The van der Waals surface area contributed by atoms with Crippen LogP contribution in [0.4, 0.5) is 0 Å². The molecule has 0 atom stereocenters. The SMILES string of the molecule is CSc1c(C)c[n+]([O-])c(C)c1C. The van der Waals surface area contributed by atoms with Gasteiger partial charge in [0.05, 0.1) is 0 Å². The summed E-state index contributed by atoms with van der Waals surface area (Å²) in [5.41, 5.74) is 2.95. The Morgan fingerprint density at radius 3 is 2.42 bits per heavy atom. The molecule has 0 saturated carbocycles. The Labute approximate surface area is 77.2 Å². The Morgan fingerprint density at radius 2 is 1.92 bits per heavy atom. The lowest BCUT2D eigenvalue weighted by atomic mass is 10.2. The van der Waals surface area contributed by atoms with Crippen molar-refractivity contribution in [1.29, 1.82) is 0 Å². The fourth-order valence-electron chi connectivity index (χ4n) is 1.27. The summed E-state index contributed by atoms with van der Waals surface area (Å²) in [6, 6.07) is 0. The minimum Gasteiger partial charge on any atom is -0.618 e. The molecule has 0 spiro atoms. The zero-order chi connectivity index (χ0) is 9.30. The highest BCUT2D eigenvalue weighted by Gasteiger charge is 2.11. The molecule has 0 bridgehead atoms. The van der Waals surface area contributed by atoms with E-state index in [-0.39, 0.29) is 0 Å². The first-order valence-electron chi connectivity index (χ1n) is 3.82. The Balaban J connectivity index is 3.40. The topological polar surface area (TPSA) is 26.9 Å². The van der Waals surface area contributed by atoms with E-state index >= 15 is 0 Å². The van der Waals surface area contributed by atoms with Gasteiger partial charge in [0.1, 0.15) is 0 Å². The second kappa shape index (κ2) is 3.35. The molecule has 0 N–H and O–H groups in total. The van der Waals surface area contributed by atoms with Gasteiger partial charge in [-0.2, -0.15) is 4.73 Å². The van der Waals surface area contributed by atoms with Gasteiger partial charge >= 0.3 is 0 Å². The van der Waals surface area contributed by atoms with Crippen molar-refractivity contribution < 1.29 is 4.73 Å². The van der Waals surface area contributed by atoms with Crippen molar-refractivity contribution >= 4 is 11.8 Å². The average Bonchev–Trinajstić information content (AvgIpc) is 2.01. The lowest BCUT2D eigenvalue weighted by molar-refractivity contribution is -0.613. The summed E-state index contributed by atoms with van der Waals surface area (Å²) in [7, 11) is 0. The van der Waals surface area contributed by atoms with Gasteiger partial charge in [-0.25, -0.2) is 0 Å². The molecule has 12 heavy (non-hydrogen) atoms. The minimum atomic E-state index is 0.796. The van der Waals surface area contributed by atoms with Crippen molar-refractivity contribution in [2.75, 3.05) is 6.26 Å². The van der Waals surface area contributed by atoms with Crippen molar-refractivity contribution in [3.05, 3.63) is 28.2 Å². The summed E-state index contributed by atoms with van der Waals surface area (Å²) in [6.45, 7) is 5.80. The molecule has 0 fully saturated rings. The van der Waals surface area contributed by atoms with E-state index in [0.717, 1.165) is 21.6 Å². The largest absolute Gasteiger partial charge is 0.618 e. The molecule has 1 heterocycles. The molecule has 0 unspecified atom stereocenters. The maximum absolute atomic E-state index is 11.2. The normalized spacial score (nSPS) is 10.3. The van der Waals surface area contributed by atoms with Crippen molar-refractivity contribution in [1.82, 2.24) is 0 Å². The third kappa shape index (κ3) is 1.41. The average molecular weight is 183 g/mol. The van der Waals surface area contributed by atoms with Crippen LogP contribution in [0.1, 0.15) is 16.8 Å². The third-order valence-corrected chi connectivity index (χ3v) is 3.12. The molecule has 1 aromatic heterocycles. The van der Waals surface area contributed by atoms with Gasteiger partial charge in [-0.1, -0.05) is 0 Å². The van der Waals surface area contributed by atoms with Crippen LogP contribution in [0.3, 0.4) is 0 Å². The van der Waals surface area contributed by atoms with Crippen molar-refractivity contribution in [2.24, 2.45) is 0 Å². The number of aryl methyl sites for hydroxylation is 1. The Hall–Kier alpha value is -0.700. The van der Waals surface area contributed by atoms with Gasteiger partial charge in [0, 0.05) is 22.9 Å². The van der Waals surface area contributed by atoms with E-state index in [9.17, 15) is 5.21 Å². The summed E-state index contributed by atoms with van der Waals surface area (Å²) in [6.07, 6.45) is 3.66. The van der Waals surface area contributed by atoms with Gasteiger partial charge in [0.2, 0.25) is 0 Å². The lowest BCUT2D eigenvalue weighted by Crippen LogP contribution is -2.31. The number of rotatable bonds is 1. The fourth-order valence-corrected chi connectivity index (χ4v) is 2.10. The van der Waals surface area contributed by atoms with Crippen LogP contribution in [-0.2, 0) is 0 Å². The molecule has 3 heteroatoms. The van der Waals surface area contributed by atoms with E-state index in [1.165, 1.54) is 4.90 Å². The highest BCUT2D eigenvalue weighted by Crippen LogP contribution is 2.23.